The van der Waals surface area contributed by atoms with Gasteiger partial charge in [0.15, 0.2) is 5.13 Å². The van der Waals surface area contributed by atoms with E-state index in [1.165, 1.54) is 41.7 Å². The van der Waals surface area contributed by atoms with Crippen molar-refractivity contribution in [1.82, 2.24) is 10.3 Å². The number of nitrogens with one attached hydrogen (secondary N) is 2. The number of para-hydroxylation sites is 1. The van der Waals surface area contributed by atoms with Crippen LogP contribution in [0, 0.1) is 5.82 Å². The van der Waals surface area contributed by atoms with Crippen LogP contribution in [-0.2, 0) is 0 Å². The second kappa shape index (κ2) is 8.28. The quantitative estimate of drug-likeness (QED) is 0.600. The first-order valence-corrected chi connectivity index (χ1v) is 9.98. The van der Waals surface area contributed by atoms with E-state index in [1.54, 1.807) is 12.1 Å². The fraction of sp³-hybridized carbons (Fsp3) is 0.300. The smallest absolute Gasteiger partial charge is 0.387 e. The number of benzene rings is 2. The number of thiazole rings is 1. The van der Waals surface area contributed by atoms with Crippen LogP contribution in [0.1, 0.15) is 29.6 Å². The summed E-state index contributed by atoms with van der Waals surface area (Å²) in [7, 11) is 0. The molecule has 9 heteroatoms. The highest BCUT2D eigenvalue weighted by Crippen LogP contribution is 2.30. The van der Waals surface area contributed by atoms with Gasteiger partial charge in [-0.1, -0.05) is 23.5 Å². The normalized spacial score (nSPS) is 18.9. The van der Waals surface area contributed by atoms with Gasteiger partial charge in [0.05, 0.1) is 15.8 Å². The summed E-state index contributed by atoms with van der Waals surface area (Å²) in [6.45, 7) is -3.01. The topological polar surface area (TPSA) is 63.2 Å². The molecule has 5 nitrogen and oxygen atoms in total. The Morgan fingerprint density at radius 3 is 2.79 bits per heavy atom. The molecule has 2 aromatic carbocycles. The van der Waals surface area contributed by atoms with E-state index in [1.807, 2.05) is 0 Å². The van der Waals surface area contributed by atoms with Crippen LogP contribution in [0.15, 0.2) is 42.5 Å². The molecular weight excluding hydrogens is 403 g/mol. The fourth-order valence-electron chi connectivity index (χ4n) is 3.52. The highest BCUT2D eigenvalue weighted by molar-refractivity contribution is 7.22. The van der Waals surface area contributed by atoms with Crippen molar-refractivity contribution in [3.8, 4) is 5.75 Å². The fourth-order valence-corrected chi connectivity index (χ4v) is 4.48. The van der Waals surface area contributed by atoms with E-state index in [2.05, 4.69) is 20.4 Å². The van der Waals surface area contributed by atoms with Gasteiger partial charge in [-0.15, -0.1) is 0 Å². The SMILES string of the molecule is O=C(N[C@H]1CCC[C@@H]1Nc1nc2ccc(F)cc2s1)c1ccccc1OC(F)F. The summed E-state index contributed by atoms with van der Waals surface area (Å²) < 4.78 is 43.8. The van der Waals surface area contributed by atoms with E-state index in [-0.39, 0.29) is 29.2 Å². The van der Waals surface area contributed by atoms with Crippen LogP contribution in [0.2, 0.25) is 0 Å². The Morgan fingerprint density at radius 1 is 1.17 bits per heavy atom. The second-order valence-corrected chi connectivity index (χ2v) is 7.80. The molecule has 1 aliphatic rings. The average Bonchev–Trinajstić information content (AvgIpc) is 3.27. The number of fused-ring (bicyclic) bond motifs is 1. The summed E-state index contributed by atoms with van der Waals surface area (Å²) in [5.41, 5.74) is 0.768. The van der Waals surface area contributed by atoms with Crippen molar-refractivity contribution in [2.24, 2.45) is 0 Å². The Morgan fingerprint density at radius 2 is 1.97 bits per heavy atom. The predicted octanol–water partition coefficient (Wildman–Crippen LogP) is 4.80. The van der Waals surface area contributed by atoms with Crippen molar-refractivity contribution >= 4 is 32.6 Å². The number of carbonyl (C=O) groups excluding carboxylic acids is 1. The van der Waals surface area contributed by atoms with E-state index in [4.69, 9.17) is 0 Å². The van der Waals surface area contributed by atoms with Crippen molar-refractivity contribution in [3.63, 3.8) is 0 Å². The predicted molar refractivity (Wildman–Crippen MR) is 105 cm³/mol. The molecule has 0 aliphatic heterocycles. The number of halogens is 3. The Balaban J connectivity index is 1.46. The zero-order valence-electron chi connectivity index (χ0n) is 15.2. The van der Waals surface area contributed by atoms with E-state index in [9.17, 15) is 18.0 Å². The van der Waals surface area contributed by atoms with Gasteiger partial charge in [-0.05, 0) is 49.6 Å². The number of nitrogens with zero attached hydrogens (tertiary/aromatic N) is 1. The van der Waals surface area contributed by atoms with Crippen LogP contribution in [0.4, 0.5) is 18.3 Å². The molecule has 2 N–H and O–H groups in total. The Bertz CT molecular complexity index is 1030. The molecule has 0 bridgehead atoms. The van der Waals surface area contributed by atoms with Gasteiger partial charge in [-0.25, -0.2) is 9.37 Å². The van der Waals surface area contributed by atoms with Crippen LogP contribution in [0.3, 0.4) is 0 Å². The molecule has 29 heavy (non-hydrogen) atoms. The molecule has 1 amide bonds. The third-order valence-electron chi connectivity index (χ3n) is 4.84. The molecule has 4 rings (SSSR count). The first-order chi connectivity index (χ1) is 14.0. The number of hydrogen-bond acceptors (Lipinski definition) is 5. The first kappa shape index (κ1) is 19.5. The Hall–Kier alpha value is -2.81. The number of hydrogen-bond donors (Lipinski definition) is 2. The standard InChI is InChI=1S/C20H18F3N3O2S/c21-11-8-9-15-17(10-11)29-20(26-15)25-14-6-3-5-13(14)24-18(27)12-4-1-2-7-16(12)28-19(22)23/h1-2,4,7-10,13-14,19H,3,5-6H2,(H,24,27)(H,25,26)/t13-,14-/m0/s1. The maximum Gasteiger partial charge on any atom is 0.387 e. The largest absolute Gasteiger partial charge is 0.434 e. The molecule has 1 saturated carbocycles. The number of ether oxygens (including phenoxy) is 1. The maximum absolute atomic E-state index is 13.4. The zero-order valence-corrected chi connectivity index (χ0v) is 16.0. The number of rotatable bonds is 6. The lowest BCUT2D eigenvalue weighted by Gasteiger charge is -2.22. The van der Waals surface area contributed by atoms with Crippen molar-refractivity contribution in [1.29, 1.82) is 0 Å². The van der Waals surface area contributed by atoms with Crippen molar-refractivity contribution in [2.75, 3.05) is 5.32 Å². The van der Waals surface area contributed by atoms with Gasteiger partial charge in [0.2, 0.25) is 0 Å². The molecular formula is C20H18F3N3O2S. The summed E-state index contributed by atoms with van der Waals surface area (Å²) in [5, 5.41) is 6.89. The third-order valence-corrected chi connectivity index (χ3v) is 5.79. The monoisotopic (exact) mass is 421 g/mol. The van der Waals surface area contributed by atoms with Crippen LogP contribution in [-0.4, -0.2) is 29.6 Å². The van der Waals surface area contributed by atoms with Crippen LogP contribution in [0.5, 0.6) is 5.75 Å². The van der Waals surface area contributed by atoms with Gasteiger partial charge in [-0.3, -0.25) is 4.79 Å². The molecule has 2 atom stereocenters. The number of alkyl halides is 2. The highest BCUT2D eigenvalue weighted by atomic mass is 32.1. The van der Waals surface area contributed by atoms with Crippen LogP contribution in [0.25, 0.3) is 10.2 Å². The number of aromatic nitrogens is 1. The van der Waals surface area contributed by atoms with Gasteiger partial charge in [0.25, 0.3) is 5.91 Å². The van der Waals surface area contributed by atoms with E-state index >= 15 is 0 Å². The van der Waals surface area contributed by atoms with Crippen molar-refractivity contribution in [3.05, 3.63) is 53.8 Å². The van der Waals surface area contributed by atoms with Gasteiger partial charge >= 0.3 is 6.61 Å². The van der Waals surface area contributed by atoms with Crippen LogP contribution >= 0.6 is 11.3 Å². The highest BCUT2D eigenvalue weighted by Gasteiger charge is 2.30. The molecule has 1 aromatic heterocycles. The minimum atomic E-state index is -3.01. The Kier molecular flexibility index (Phi) is 5.57. The number of carbonyl (C=O) groups is 1. The molecule has 1 heterocycles. The molecule has 0 saturated heterocycles. The third kappa shape index (κ3) is 4.45. The molecule has 3 aromatic rings. The lowest BCUT2D eigenvalue weighted by Crippen LogP contribution is -2.43. The summed E-state index contributed by atoms with van der Waals surface area (Å²) in [6.07, 6.45) is 2.47. The molecule has 0 spiro atoms. The zero-order chi connectivity index (χ0) is 20.4. The summed E-state index contributed by atoms with van der Waals surface area (Å²) in [5.74, 6) is -0.939. The van der Waals surface area contributed by atoms with Gasteiger partial charge in [0, 0.05) is 12.1 Å². The lowest BCUT2D eigenvalue weighted by atomic mass is 10.1. The lowest BCUT2D eigenvalue weighted by molar-refractivity contribution is -0.0501. The molecule has 0 unspecified atom stereocenters. The molecule has 1 aliphatic carbocycles. The second-order valence-electron chi connectivity index (χ2n) is 6.77. The van der Waals surface area contributed by atoms with E-state index in [0.29, 0.717) is 10.6 Å². The number of anilines is 1. The van der Waals surface area contributed by atoms with E-state index < -0.39 is 12.5 Å². The maximum atomic E-state index is 13.4. The average molecular weight is 421 g/mol. The van der Waals surface area contributed by atoms with Crippen molar-refractivity contribution < 1.29 is 22.7 Å². The summed E-state index contributed by atoms with van der Waals surface area (Å²) in [6, 6.07) is 10.1. The Labute approximate surface area is 168 Å². The van der Waals surface area contributed by atoms with E-state index in [0.717, 1.165) is 24.0 Å². The first-order valence-electron chi connectivity index (χ1n) is 9.17. The van der Waals surface area contributed by atoms with Gasteiger partial charge in [0.1, 0.15) is 11.6 Å². The minimum absolute atomic E-state index is 0.0625. The minimum Gasteiger partial charge on any atom is -0.434 e. The summed E-state index contributed by atoms with van der Waals surface area (Å²) in [4.78, 5) is 17.1. The van der Waals surface area contributed by atoms with Gasteiger partial charge in [-0.2, -0.15) is 8.78 Å². The van der Waals surface area contributed by atoms with Crippen LogP contribution < -0.4 is 15.4 Å². The number of amides is 1. The molecule has 152 valence electrons. The molecule has 1 fully saturated rings. The van der Waals surface area contributed by atoms with Gasteiger partial charge < -0.3 is 15.4 Å². The molecule has 0 radical (unpaired) electrons. The summed E-state index contributed by atoms with van der Waals surface area (Å²) >= 11 is 1.35. The van der Waals surface area contributed by atoms with Crippen molar-refractivity contribution in [2.45, 2.75) is 38.0 Å².